The Hall–Kier alpha value is -4.47. The highest BCUT2D eigenvalue weighted by molar-refractivity contribution is 6.00. The van der Waals surface area contributed by atoms with Crippen molar-refractivity contribution in [2.45, 2.75) is 66.8 Å². The number of carboxylic acid groups (broad SMARTS) is 1. The number of aliphatic carboxylic acids is 1. The van der Waals surface area contributed by atoms with Crippen LogP contribution in [0.1, 0.15) is 85.5 Å². The molecule has 6 N–H and O–H groups in total. The molecule has 3 aliphatic heterocycles. The van der Waals surface area contributed by atoms with Crippen molar-refractivity contribution in [1.29, 1.82) is 0 Å². The Kier molecular flexibility index (Phi) is 7.57. The van der Waals surface area contributed by atoms with Gasteiger partial charge in [-0.1, -0.05) is 20.8 Å². The monoisotopic (exact) mass is 614 g/mol. The molecule has 8 bridgehead atoms. The van der Waals surface area contributed by atoms with Gasteiger partial charge in [-0.05, 0) is 74.5 Å². The quantitative estimate of drug-likeness (QED) is 0.212. The zero-order valence-corrected chi connectivity index (χ0v) is 26.8. The predicted octanol–water partition coefficient (Wildman–Crippen LogP) is 3.87. The number of hydrogen-bond acceptors (Lipinski definition) is 7. The number of nitrogens with one attached hydrogen (secondary N) is 4. The number of fused-ring (bicyclic) bond motifs is 8. The van der Waals surface area contributed by atoms with E-state index in [1.54, 1.807) is 6.92 Å². The van der Waals surface area contributed by atoms with Gasteiger partial charge in [-0.2, -0.15) is 0 Å². The molecule has 0 spiro atoms. The lowest BCUT2D eigenvalue weighted by Crippen LogP contribution is -2.38. The number of ketones is 1. The van der Waals surface area contributed by atoms with Crippen molar-refractivity contribution in [2.24, 2.45) is 29.6 Å². The second-order valence-electron chi connectivity index (χ2n) is 13.0. The van der Waals surface area contributed by atoms with Gasteiger partial charge in [0.1, 0.15) is 11.7 Å². The van der Waals surface area contributed by atoms with Crippen molar-refractivity contribution in [3.05, 3.63) is 61.4 Å². The minimum Gasteiger partial charge on any atom is -0.510 e. The maximum atomic E-state index is 13.3. The maximum Gasteiger partial charge on any atom is 0.320 e. The Labute approximate surface area is 262 Å². The van der Waals surface area contributed by atoms with E-state index in [1.807, 2.05) is 32.9 Å². The number of allylic oxidation sites excluding steroid dienone is 3. The highest BCUT2D eigenvalue weighted by Gasteiger charge is 2.47. The van der Waals surface area contributed by atoms with Gasteiger partial charge in [0.25, 0.3) is 0 Å². The second-order valence-corrected chi connectivity index (χ2v) is 13.0. The number of aromatic amines is 2. The first-order valence-corrected chi connectivity index (χ1v) is 15.7. The Bertz CT molecular complexity index is 1850. The van der Waals surface area contributed by atoms with Crippen LogP contribution in [0.5, 0.6) is 0 Å². The van der Waals surface area contributed by atoms with E-state index < -0.39 is 23.9 Å². The molecule has 0 amide bonds. The highest BCUT2D eigenvalue weighted by atomic mass is 16.5. The third kappa shape index (κ3) is 4.73. The van der Waals surface area contributed by atoms with E-state index in [-0.39, 0.29) is 41.6 Å². The van der Waals surface area contributed by atoms with Gasteiger partial charge in [0, 0.05) is 63.4 Å². The minimum atomic E-state index is -1.03. The summed E-state index contributed by atoms with van der Waals surface area (Å²) in [5.74, 6) is -2.56. The van der Waals surface area contributed by atoms with E-state index in [2.05, 4.69) is 40.5 Å². The lowest BCUT2D eigenvalue weighted by molar-refractivity contribution is -0.142. The molecule has 10 nitrogen and oxygen atoms in total. The molecule has 0 aromatic carbocycles. The number of aliphatic hydroxyl groups is 1. The summed E-state index contributed by atoms with van der Waals surface area (Å²) in [6.07, 6.45) is 7.33. The number of H-pyrrole nitrogens is 2. The summed E-state index contributed by atoms with van der Waals surface area (Å²) in [5.41, 5.74) is 8.17. The summed E-state index contributed by atoms with van der Waals surface area (Å²) >= 11 is 0. The SMILES string of the molecule is CC[C@H]1/C2=C/c3[nH]c4c(c3C)=C(O)[C@H](C(=O)OC)C=4[C@H]3N/C(=C\c4[nH]c(c(C(C)=O)c4C)/C=C(\N2)[C@@H]1C)[C@@H](C)[C@@H]3CCC(=O)O. The van der Waals surface area contributed by atoms with Crippen LogP contribution in [0.4, 0.5) is 0 Å². The van der Waals surface area contributed by atoms with E-state index >= 15 is 0 Å². The molecule has 6 atom stereocenters. The van der Waals surface area contributed by atoms with Crippen molar-refractivity contribution >= 4 is 47.3 Å². The van der Waals surface area contributed by atoms with Crippen LogP contribution in [0.15, 0.2) is 17.1 Å². The van der Waals surface area contributed by atoms with E-state index in [0.29, 0.717) is 28.1 Å². The predicted molar refractivity (Wildman–Crippen MR) is 172 cm³/mol. The molecule has 0 saturated carbocycles. The van der Waals surface area contributed by atoms with E-state index in [9.17, 15) is 24.6 Å². The van der Waals surface area contributed by atoms with Gasteiger partial charge in [-0.15, -0.1) is 0 Å². The van der Waals surface area contributed by atoms with Gasteiger partial charge in [0.2, 0.25) is 0 Å². The number of methoxy groups -OCH3 is 1. The zero-order valence-electron chi connectivity index (χ0n) is 26.8. The molecule has 2 aromatic rings. The van der Waals surface area contributed by atoms with Crippen LogP contribution in [0.25, 0.3) is 29.6 Å². The molecule has 0 radical (unpaired) electrons. The van der Waals surface area contributed by atoms with Crippen molar-refractivity contribution in [2.75, 3.05) is 7.11 Å². The van der Waals surface area contributed by atoms with E-state index in [4.69, 9.17) is 4.74 Å². The zero-order chi connectivity index (χ0) is 32.5. The van der Waals surface area contributed by atoms with Crippen LogP contribution in [-0.4, -0.2) is 51.1 Å². The van der Waals surface area contributed by atoms with Gasteiger partial charge >= 0.3 is 11.9 Å². The van der Waals surface area contributed by atoms with Gasteiger partial charge in [-0.3, -0.25) is 14.4 Å². The number of hydrogen-bond donors (Lipinski definition) is 6. The van der Waals surface area contributed by atoms with Crippen molar-refractivity contribution < 1.29 is 29.3 Å². The third-order valence-corrected chi connectivity index (χ3v) is 10.6. The lowest BCUT2D eigenvalue weighted by Gasteiger charge is -2.26. The van der Waals surface area contributed by atoms with Gasteiger partial charge in [0.05, 0.1) is 24.2 Å². The largest absolute Gasteiger partial charge is 0.510 e. The first-order chi connectivity index (χ1) is 21.4. The van der Waals surface area contributed by atoms with Crippen molar-refractivity contribution in [3.63, 3.8) is 0 Å². The molecule has 5 heterocycles. The lowest BCUT2D eigenvalue weighted by atomic mass is 9.80. The van der Waals surface area contributed by atoms with Crippen LogP contribution < -0.4 is 21.2 Å². The molecule has 45 heavy (non-hydrogen) atoms. The average Bonchev–Trinajstić information content (AvgIpc) is 3.72. The third-order valence-electron chi connectivity index (χ3n) is 10.6. The molecule has 238 valence electrons. The molecular formula is C35H42N4O6. The van der Waals surface area contributed by atoms with Crippen LogP contribution in [0, 0.1) is 43.4 Å². The topological polar surface area (TPSA) is 157 Å². The number of rotatable bonds is 6. The average molecular weight is 615 g/mol. The molecule has 10 heteroatoms. The Morgan fingerprint density at radius 3 is 2.24 bits per heavy atom. The number of carbonyl (C=O) groups excluding carboxylic acids is 2. The molecular weight excluding hydrogens is 572 g/mol. The molecule has 4 aliphatic rings. The molecule has 0 unspecified atom stereocenters. The molecule has 2 saturated heterocycles. The normalized spacial score (nSPS) is 30.1. The molecule has 2 fully saturated rings. The van der Waals surface area contributed by atoms with Crippen molar-refractivity contribution in [3.8, 4) is 0 Å². The fourth-order valence-corrected chi connectivity index (χ4v) is 8.10. The summed E-state index contributed by atoms with van der Waals surface area (Å²) in [7, 11) is 1.31. The van der Waals surface area contributed by atoms with Gasteiger partial charge in [-0.25, -0.2) is 0 Å². The Balaban J connectivity index is 1.67. The Morgan fingerprint density at radius 2 is 1.60 bits per heavy atom. The number of Topliss-reactive ketones (excluding diaryl/α,β-unsaturated/α-hetero) is 1. The first kappa shape index (κ1) is 30.6. The van der Waals surface area contributed by atoms with E-state index in [1.165, 1.54) is 7.11 Å². The summed E-state index contributed by atoms with van der Waals surface area (Å²) < 4.78 is 5.20. The smallest absolute Gasteiger partial charge is 0.320 e. The maximum absolute atomic E-state index is 13.3. The van der Waals surface area contributed by atoms with Crippen LogP contribution in [-0.2, 0) is 14.3 Å². The summed E-state index contributed by atoms with van der Waals surface area (Å²) in [4.78, 5) is 45.1. The minimum absolute atomic E-state index is 0.0357. The second kappa shape index (κ2) is 11.2. The number of ether oxygens (including phenoxy) is 1. The van der Waals surface area contributed by atoms with E-state index in [0.717, 1.165) is 51.7 Å². The van der Waals surface area contributed by atoms with Crippen LogP contribution in [0.3, 0.4) is 0 Å². The first-order valence-electron chi connectivity index (χ1n) is 15.7. The number of aromatic nitrogens is 2. The number of aliphatic hydroxyl groups excluding tert-OH is 1. The van der Waals surface area contributed by atoms with Gasteiger partial charge in [0.15, 0.2) is 5.78 Å². The fraction of sp³-hybridized carbons (Fsp3) is 0.457. The molecule has 2 aromatic heterocycles. The highest BCUT2D eigenvalue weighted by Crippen LogP contribution is 2.43. The summed E-state index contributed by atoms with van der Waals surface area (Å²) in [6, 6.07) is -0.467. The standard InChI is InChI=1S/C35H42N4O6/c1-8-19-14(2)21-13-26-28(18(6)40)16(4)23(37-26)11-22-15(3)20(9-10-27(41)42)32(38-22)30-31(35(44)45-7)34(43)29-17(5)24(39-33(29)30)12-25(19)36-21/h11-15,19-20,31-32,36-39,43H,8-10H2,1-7H3,(H,41,42)/b21-13-,22-11-,25-12-/t14-,15+,19-,20+,31-,32+/m1/s1. The summed E-state index contributed by atoms with van der Waals surface area (Å²) in [5, 5.41) is 29.8. The molecule has 1 aliphatic carbocycles. The molecule has 6 rings (SSSR count). The number of carbonyl (C=O) groups is 3. The van der Waals surface area contributed by atoms with Crippen LogP contribution >= 0.6 is 0 Å². The number of carboxylic acids is 1. The summed E-state index contributed by atoms with van der Waals surface area (Å²) in [6.45, 7) is 11.8. The Morgan fingerprint density at radius 1 is 0.933 bits per heavy atom. The fourth-order valence-electron chi connectivity index (χ4n) is 8.10. The van der Waals surface area contributed by atoms with Gasteiger partial charge < -0.3 is 35.6 Å². The number of esters is 1. The van der Waals surface area contributed by atoms with Crippen LogP contribution in [0.2, 0.25) is 0 Å². The van der Waals surface area contributed by atoms with Crippen molar-refractivity contribution in [1.82, 2.24) is 20.6 Å².